The van der Waals surface area contributed by atoms with E-state index < -0.39 is 37.4 Å². The molecule has 5 atom stereocenters. The molecule has 1 rings (SSSR count). The van der Waals surface area contributed by atoms with E-state index in [1.165, 1.54) is 0 Å². The minimum Gasteiger partial charge on any atom is -0.387 e. The molecular weight excluding hydrogens is 171 g/mol. The number of aliphatic hydroxyl groups excluding tert-OH is 4. The maximum atomic E-state index is 12.0. The summed E-state index contributed by atoms with van der Waals surface area (Å²) in [4.78, 5) is 0. The Labute approximate surface area is 68.0 Å². The van der Waals surface area contributed by atoms with Crippen LogP contribution in [0, 0.1) is 0 Å². The van der Waals surface area contributed by atoms with Gasteiger partial charge in [0.05, 0.1) is 0 Å². The van der Waals surface area contributed by atoms with E-state index in [-0.39, 0.29) is 0 Å². The Kier molecular flexibility index (Phi) is 2.97. The first-order valence-corrected chi connectivity index (χ1v) is 3.51. The highest BCUT2D eigenvalue weighted by Crippen LogP contribution is 2.19. The molecule has 1 aliphatic rings. The van der Waals surface area contributed by atoms with Crippen LogP contribution < -0.4 is 0 Å². The third-order valence-corrected chi connectivity index (χ3v) is 1.84. The van der Waals surface area contributed by atoms with Crippen LogP contribution in [-0.4, -0.2) is 57.8 Å². The highest BCUT2D eigenvalue weighted by molar-refractivity contribution is 4.88. The molecule has 0 aromatic carbocycles. The molecule has 5 nitrogen and oxygen atoms in total. The van der Waals surface area contributed by atoms with Crippen molar-refractivity contribution < 1.29 is 29.6 Å². The van der Waals surface area contributed by atoms with Gasteiger partial charge in [-0.1, -0.05) is 0 Å². The monoisotopic (exact) mass is 182 g/mol. The largest absolute Gasteiger partial charge is 0.387 e. The summed E-state index contributed by atoms with van der Waals surface area (Å²) in [6, 6.07) is 0. The first kappa shape index (κ1) is 9.82. The number of hydrogen-bond donors (Lipinski definition) is 4. The molecule has 0 aliphatic carbocycles. The van der Waals surface area contributed by atoms with Crippen molar-refractivity contribution in [2.75, 3.05) is 6.67 Å². The third-order valence-electron chi connectivity index (χ3n) is 1.84. The zero-order valence-corrected chi connectivity index (χ0v) is 6.17. The SMILES string of the molecule is OC1OC(CF)[C@H](O)C(O)[C@@H]1O. The Bertz CT molecular complexity index is 150. The molecule has 12 heavy (non-hydrogen) atoms. The van der Waals surface area contributed by atoms with Crippen molar-refractivity contribution in [3.8, 4) is 0 Å². The number of aliphatic hydroxyl groups is 4. The second-order valence-electron chi connectivity index (χ2n) is 2.69. The summed E-state index contributed by atoms with van der Waals surface area (Å²) < 4.78 is 16.5. The van der Waals surface area contributed by atoms with Crippen LogP contribution in [0.1, 0.15) is 0 Å². The van der Waals surface area contributed by atoms with E-state index in [4.69, 9.17) is 20.4 Å². The van der Waals surface area contributed by atoms with Gasteiger partial charge < -0.3 is 25.2 Å². The van der Waals surface area contributed by atoms with E-state index in [0.717, 1.165) is 0 Å². The van der Waals surface area contributed by atoms with E-state index in [2.05, 4.69) is 4.74 Å². The van der Waals surface area contributed by atoms with Gasteiger partial charge in [-0.15, -0.1) is 0 Å². The van der Waals surface area contributed by atoms with Crippen molar-refractivity contribution in [3.05, 3.63) is 0 Å². The van der Waals surface area contributed by atoms with Gasteiger partial charge in [0, 0.05) is 0 Å². The molecule has 0 spiro atoms. The second-order valence-corrected chi connectivity index (χ2v) is 2.69. The Morgan fingerprint density at radius 1 is 1.00 bits per heavy atom. The van der Waals surface area contributed by atoms with Crippen molar-refractivity contribution in [1.82, 2.24) is 0 Å². The van der Waals surface area contributed by atoms with E-state index in [1.807, 2.05) is 0 Å². The van der Waals surface area contributed by atoms with Gasteiger partial charge in [-0.2, -0.15) is 0 Å². The normalized spacial score (nSPS) is 49.2. The molecule has 0 saturated carbocycles. The summed E-state index contributed by atoms with van der Waals surface area (Å²) in [5.74, 6) is 0. The maximum Gasteiger partial charge on any atom is 0.184 e. The van der Waals surface area contributed by atoms with Gasteiger partial charge in [-0.3, -0.25) is 0 Å². The standard InChI is InChI=1S/C6H11FO5/c7-1-2-3(8)4(9)5(10)6(11)12-2/h2-6,8-11H,1H2/t2?,3-,4?,5-,6?/m0/s1. The molecule has 1 aliphatic heterocycles. The van der Waals surface area contributed by atoms with Crippen LogP contribution in [0.3, 0.4) is 0 Å². The van der Waals surface area contributed by atoms with Crippen molar-refractivity contribution in [2.45, 2.75) is 30.7 Å². The fourth-order valence-electron chi connectivity index (χ4n) is 1.06. The lowest BCUT2D eigenvalue weighted by atomic mass is 10.00. The van der Waals surface area contributed by atoms with Crippen LogP contribution in [0.5, 0.6) is 0 Å². The Balaban J connectivity index is 2.63. The fourth-order valence-corrected chi connectivity index (χ4v) is 1.06. The molecule has 0 aromatic rings. The van der Waals surface area contributed by atoms with Gasteiger partial charge in [-0.25, -0.2) is 4.39 Å². The average Bonchev–Trinajstić information content (AvgIpc) is 2.08. The summed E-state index contributed by atoms with van der Waals surface area (Å²) >= 11 is 0. The molecule has 6 heteroatoms. The lowest BCUT2D eigenvalue weighted by molar-refractivity contribution is -0.283. The van der Waals surface area contributed by atoms with Crippen LogP contribution in [0.4, 0.5) is 4.39 Å². The molecule has 72 valence electrons. The minimum absolute atomic E-state index is 1.03. The number of rotatable bonds is 1. The molecule has 0 amide bonds. The summed E-state index contributed by atoms with van der Waals surface area (Å²) in [5.41, 5.74) is 0. The number of ether oxygens (including phenoxy) is 1. The summed E-state index contributed by atoms with van der Waals surface area (Å²) in [6.45, 7) is -1.03. The fraction of sp³-hybridized carbons (Fsp3) is 1.00. The van der Waals surface area contributed by atoms with Crippen molar-refractivity contribution in [2.24, 2.45) is 0 Å². The summed E-state index contributed by atoms with van der Waals surface area (Å²) in [7, 11) is 0. The van der Waals surface area contributed by atoms with Gasteiger partial charge in [0.1, 0.15) is 31.1 Å². The first-order chi connectivity index (χ1) is 5.57. The molecule has 1 heterocycles. The number of halogens is 1. The zero-order chi connectivity index (χ0) is 9.30. The van der Waals surface area contributed by atoms with E-state index >= 15 is 0 Å². The van der Waals surface area contributed by atoms with Crippen LogP contribution in [0.25, 0.3) is 0 Å². The summed E-state index contributed by atoms with van der Waals surface area (Å²) in [6.07, 6.45) is -7.60. The van der Waals surface area contributed by atoms with Gasteiger partial charge in [0.25, 0.3) is 0 Å². The van der Waals surface area contributed by atoms with Crippen molar-refractivity contribution >= 4 is 0 Å². The topological polar surface area (TPSA) is 90.2 Å². The highest BCUT2D eigenvalue weighted by Gasteiger charge is 2.42. The van der Waals surface area contributed by atoms with Crippen LogP contribution in [0.2, 0.25) is 0 Å². The molecular formula is C6H11FO5. The molecule has 0 aromatic heterocycles. The zero-order valence-electron chi connectivity index (χ0n) is 6.17. The Morgan fingerprint density at radius 2 is 1.58 bits per heavy atom. The highest BCUT2D eigenvalue weighted by atomic mass is 19.1. The molecule has 0 radical (unpaired) electrons. The molecule has 1 fully saturated rings. The second kappa shape index (κ2) is 3.63. The predicted octanol–water partition coefficient (Wildman–Crippen LogP) is -2.24. The Hall–Kier alpha value is -0.270. The Morgan fingerprint density at radius 3 is 2.08 bits per heavy atom. The van der Waals surface area contributed by atoms with E-state index in [1.54, 1.807) is 0 Å². The van der Waals surface area contributed by atoms with Crippen molar-refractivity contribution in [3.63, 3.8) is 0 Å². The maximum absolute atomic E-state index is 12.0. The lowest BCUT2D eigenvalue weighted by Gasteiger charge is -2.37. The third kappa shape index (κ3) is 1.57. The molecule has 1 saturated heterocycles. The average molecular weight is 182 g/mol. The number of hydrogen-bond acceptors (Lipinski definition) is 5. The van der Waals surface area contributed by atoms with E-state index in [9.17, 15) is 4.39 Å². The number of alkyl halides is 1. The van der Waals surface area contributed by atoms with Gasteiger partial charge >= 0.3 is 0 Å². The van der Waals surface area contributed by atoms with Gasteiger partial charge in [0.2, 0.25) is 0 Å². The molecule has 4 N–H and O–H groups in total. The molecule has 3 unspecified atom stereocenters. The quantitative estimate of drug-likeness (QED) is 0.368. The van der Waals surface area contributed by atoms with E-state index in [0.29, 0.717) is 0 Å². The minimum atomic E-state index is -1.65. The smallest absolute Gasteiger partial charge is 0.184 e. The molecule has 0 bridgehead atoms. The summed E-state index contributed by atoms with van der Waals surface area (Å²) in [5, 5.41) is 35.8. The van der Waals surface area contributed by atoms with Gasteiger partial charge in [0.15, 0.2) is 6.29 Å². The van der Waals surface area contributed by atoms with Crippen LogP contribution >= 0.6 is 0 Å². The van der Waals surface area contributed by atoms with Gasteiger partial charge in [-0.05, 0) is 0 Å². The lowest BCUT2D eigenvalue weighted by Crippen LogP contribution is -2.58. The predicted molar refractivity (Wildman–Crippen MR) is 34.9 cm³/mol. The first-order valence-electron chi connectivity index (χ1n) is 3.51. The van der Waals surface area contributed by atoms with Crippen LogP contribution in [-0.2, 0) is 4.74 Å². The van der Waals surface area contributed by atoms with Crippen LogP contribution in [0.15, 0.2) is 0 Å². The van der Waals surface area contributed by atoms with Crippen molar-refractivity contribution in [1.29, 1.82) is 0 Å².